The molecule has 4 aliphatic rings. The summed E-state index contributed by atoms with van der Waals surface area (Å²) in [7, 11) is 0. The van der Waals surface area contributed by atoms with E-state index in [1.165, 1.54) is 38.6 Å². The van der Waals surface area contributed by atoms with Crippen LogP contribution in [0.1, 0.15) is 75.1 Å². The summed E-state index contributed by atoms with van der Waals surface area (Å²) in [6, 6.07) is 6.31. The van der Waals surface area contributed by atoms with Gasteiger partial charge >= 0.3 is 29.8 Å². The summed E-state index contributed by atoms with van der Waals surface area (Å²) < 4.78 is 38.7. The predicted molar refractivity (Wildman–Crippen MR) is 182 cm³/mol. The van der Waals surface area contributed by atoms with Crippen molar-refractivity contribution in [1.82, 2.24) is 9.97 Å². The minimum Gasteiger partial charge on any atom is -0.461 e. The standard InChI is InChI=1S/C39H44N2O11/c1-8-29(44)50-31-22(4)17-39(52-24(6)43)30(31)33(48-23(5)42)38-20-47-37(7,36(39)51-35(46)26-12-10-16-41-19-26)32(38)27(21(2)3)13-14-28(38)49-34(45)25-11-9-15-40-18-25/h9-16,18-19,22,27-28,30-33,36H,2,8,17,20H2,1,3-7H3/t22-,27+,28+,30+,31-,32-,33+,36-,37+,38+,39+/m0/s1. The lowest BCUT2D eigenvalue weighted by Crippen LogP contribution is -2.64. The largest absolute Gasteiger partial charge is 0.461 e. The van der Waals surface area contributed by atoms with E-state index in [0.717, 1.165) is 0 Å². The van der Waals surface area contributed by atoms with Crippen molar-refractivity contribution in [3.05, 3.63) is 84.5 Å². The number of fused-ring (bicyclic) bond motifs is 1. The Bertz CT molecular complexity index is 1780. The highest BCUT2D eigenvalue weighted by molar-refractivity contribution is 5.90. The van der Waals surface area contributed by atoms with Gasteiger partial charge in [-0.3, -0.25) is 24.4 Å². The number of pyridine rings is 2. The van der Waals surface area contributed by atoms with Crippen molar-refractivity contribution in [1.29, 1.82) is 0 Å². The molecule has 2 saturated carbocycles. The molecule has 0 amide bonds. The van der Waals surface area contributed by atoms with Gasteiger partial charge < -0.3 is 28.4 Å². The van der Waals surface area contributed by atoms with Gasteiger partial charge in [-0.25, -0.2) is 9.59 Å². The van der Waals surface area contributed by atoms with E-state index in [1.54, 1.807) is 44.2 Å². The smallest absolute Gasteiger partial charge is 0.340 e. The molecule has 3 heterocycles. The van der Waals surface area contributed by atoms with Crippen LogP contribution in [0, 0.1) is 29.1 Å². The molecule has 3 aliphatic carbocycles. The third-order valence-corrected chi connectivity index (χ3v) is 11.2. The van der Waals surface area contributed by atoms with Gasteiger partial charge in [-0.2, -0.15) is 0 Å². The number of carbonyl (C=O) groups excluding carboxylic acids is 5. The quantitative estimate of drug-likeness (QED) is 0.201. The Morgan fingerprint density at radius 3 is 2.08 bits per heavy atom. The molecule has 2 aromatic heterocycles. The number of carbonyl (C=O) groups is 5. The molecule has 1 saturated heterocycles. The third kappa shape index (κ3) is 5.98. The van der Waals surface area contributed by atoms with Crippen LogP contribution in [-0.2, 0) is 42.8 Å². The maximum absolute atomic E-state index is 14.1. The van der Waals surface area contributed by atoms with E-state index in [2.05, 4.69) is 16.5 Å². The van der Waals surface area contributed by atoms with Gasteiger partial charge in [0, 0.05) is 56.9 Å². The van der Waals surface area contributed by atoms with Gasteiger partial charge in [0.25, 0.3) is 0 Å². The molecule has 0 radical (unpaired) electrons. The first-order valence-corrected chi connectivity index (χ1v) is 17.5. The van der Waals surface area contributed by atoms with Crippen LogP contribution in [-0.4, -0.2) is 82.0 Å². The second-order valence-corrected chi connectivity index (χ2v) is 14.5. The highest BCUT2D eigenvalue weighted by Crippen LogP contribution is 2.68. The topological polar surface area (TPSA) is 167 Å². The molecule has 0 N–H and O–H groups in total. The van der Waals surface area contributed by atoms with E-state index in [0.29, 0.717) is 5.57 Å². The van der Waals surface area contributed by atoms with Crippen LogP contribution in [0.5, 0.6) is 0 Å². The normalized spacial score (nSPS) is 35.6. The minimum atomic E-state index is -1.78. The Balaban J connectivity index is 1.66. The van der Waals surface area contributed by atoms with Crippen LogP contribution in [0.2, 0.25) is 0 Å². The molecule has 13 heteroatoms. The summed E-state index contributed by atoms with van der Waals surface area (Å²) in [4.78, 5) is 75.8. The van der Waals surface area contributed by atoms with E-state index in [9.17, 15) is 24.0 Å². The first-order chi connectivity index (χ1) is 24.7. The molecular formula is C39H44N2O11. The number of hydrogen-bond donors (Lipinski definition) is 0. The molecule has 0 unspecified atom stereocenters. The molecule has 0 spiro atoms. The van der Waals surface area contributed by atoms with E-state index >= 15 is 0 Å². The van der Waals surface area contributed by atoms with Crippen molar-refractivity contribution in [3.8, 4) is 0 Å². The van der Waals surface area contributed by atoms with E-state index in [4.69, 9.17) is 28.4 Å². The minimum absolute atomic E-state index is 0.0363. The zero-order chi connectivity index (χ0) is 37.6. The second-order valence-electron chi connectivity index (χ2n) is 14.5. The Morgan fingerprint density at radius 2 is 1.54 bits per heavy atom. The van der Waals surface area contributed by atoms with Crippen molar-refractivity contribution < 1.29 is 52.4 Å². The average molecular weight is 717 g/mol. The van der Waals surface area contributed by atoms with Crippen molar-refractivity contribution >= 4 is 29.8 Å². The van der Waals surface area contributed by atoms with E-state index in [-0.39, 0.29) is 30.6 Å². The van der Waals surface area contributed by atoms with Gasteiger partial charge in [-0.15, -0.1) is 0 Å². The number of esters is 5. The lowest BCUT2D eigenvalue weighted by atomic mass is 9.55. The molecule has 52 heavy (non-hydrogen) atoms. The third-order valence-electron chi connectivity index (χ3n) is 11.2. The van der Waals surface area contributed by atoms with Crippen LogP contribution in [0.25, 0.3) is 0 Å². The molecule has 13 nitrogen and oxygen atoms in total. The molecule has 2 aromatic rings. The average Bonchev–Trinajstić information content (AvgIpc) is 3.56. The summed E-state index contributed by atoms with van der Waals surface area (Å²) in [6.45, 7) is 13.7. The van der Waals surface area contributed by atoms with E-state index < -0.39 is 94.6 Å². The maximum atomic E-state index is 14.1. The van der Waals surface area contributed by atoms with Crippen LogP contribution in [0.4, 0.5) is 0 Å². The number of allylic oxidation sites excluding steroid dienone is 2. The zero-order valence-electron chi connectivity index (χ0n) is 30.1. The Hall–Kier alpha value is -4.91. The lowest BCUT2D eigenvalue weighted by molar-refractivity contribution is -0.238. The second kappa shape index (κ2) is 13.9. The van der Waals surface area contributed by atoms with Crippen molar-refractivity contribution in [2.45, 2.75) is 90.0 Å². The number of nitrogens with zero attached hydrogens (tertiary/aromatic N) is 2. The van der Waals surface area contributed by atoms with E-state index in [1.807, 2.05) is 19.9 Å². The number of rotatable bonds is 9. The van der Waals surface area contributed by atoms with Gasteiger partial charge in [0.15, 0.2) is 11.7 Å². The Kier molecular flexibility index (Phi) is 9.86. The molecule has 2 bridgehead atoms. The van der Waals surface area contributed by atoms with Crippen LogP contribution >= 0.6 is 0 Å². The number of ether oxygens (including phenoxy) is 6. The molecule has 1 aliphatic heterocycles. The van der Waals surface area contributed by atoms with Gasteiger partial charge in [0.2, 0.25) is 0 Å². The Morgan fingerprint density at radius 1 is 0.904 bits per heavy atom. The summed E-state index contributed by atoms with van der Waals surface area (Å²) in [5.74, 6) is -6.27. The van der Waals surface area contributed by atoms with Crippen LogP contribution < -0.4 is 0 Å². The summed E-state index contributed by atoms with van der Waals surface area (Å²) in [5, 5.41) is 0. The van der Waals surface area contributed by atoms with Crippen molar-refractivity contribution in [3.63, 3.8) is 0 Å². The SMILES string of the molecule is C=C(C)[C@H]1C=C[C@@H](OC(=O)c2cccnc2)[C@@]23CO[C@@](C)([C@H](OC(=O)c4cccnc4)[C@@]4(OC(C)=O)C[C@H](C)[C@H](OC(=O)CC)[C@@H]4[C@H]2OC(C)=O)[C@H]13. The highest BCUT2D eigenvalue weighted by atomic mass is 16.6. The molecule has 0 aromatic carbocycles. The molecular weight excluding hydrogens is 672 g/mol. The summed E-state index contributed by atoms with van der Waals surface area (Å²) >= 11 is 0. The molecule has 3 fully saturated rings. The lowest BCUT2D eigenvalue weighted by Gasteiger charge is -2.51. The summed E-state index contributed by atoms with van der Waals surface area (Å²) in [5.41, 5.74) is -3.67. The first kappa shape index (κ1) is 36.9. The van der Waals surface area contributed by atoms with Gasteiger partial charge in [-0.05, 0) is 56.5 Å². The zero-order valence-corrected chi connectivity index (χ0v) is 30.1. The molecule has 11 atom stereocenters. The monoisotopic (exact) mass is 716 g/mol. The fourth-order valence-corrected chi connectivity index (χ4v) is 9.39. The van der Waals surface area contributed by atoms with Crippen LogP contribution in [0.15, 0.2) is 73.4 Å². The van der Waals surface area contributed by atoms with Crippen molar-refractivity contribution in [2.24, 2.45) is 29.1 Å². The predicted octanol–water partition coefficient (Wildman–Crippen LogP) is 4.61. The summed E-state index contributed by atoms with van der Waals surface area (Å²) in [6.07, 6.45) is 4.69. The molecule has 276 valence electrons. The number of aromatic nitrogens is 2. The fraction of sp³-hybridized carbons (Fsp3) is 0.513. The van der Waals surface area contributed by atoms with Gasteiger partial charge in [0.1, 0.15) is 23.9 Å². The maximum Gasteiger partial charge on any atom is 0.340 e. The molecule has 6 rings (SSSR count). The fourth-order valence-electron chi connectivity index (χ4n) is 9.39. The Labute approximate surface area is 302 Å². The van der Waals surface area contributed by atoms with Gasteiger partial charge in [0.05, 0.1) is 29.1 Å². The number of hydrogen-bond acceptors (Lipinski definition) is 13. The highest BCUT2D eigenvalue weighted by Gasteiger charge is 2.82. The first-order valence-electron chi connectivity index (χ1n) is 17.5. The van der Waals surface area contributed by atoms with Crippen LogP contribution in [0.3, 0.4) is 0 Å². The van der Waals surface area contributed by atoms with Crippen molar-refractivity contribution in [2.75, 3.05) is 6.61 Å². The van der Waals surface area contributed by atoms with Gasteiger partial charge in [-0.1, -0.05) is 32.1 Å².